The number of nitrogens with one attached hydrogen (secondary N) is 1. The lowest BCUT2D eigenvalue weighted by molar-refractivity contribution is -0.116. The largest absolute Gasteiger partial charge is 0.490 e. The standard InChI is InChI=1S/C24H32N2O4/c1-7-29-20-14-13-19(15-21(20)30-8-2)25-22(27)16-26(6)23(28)17-9-11-18(12-10-17)24(3,4)5/h9-15H,7-8,16H2,1-6H3,(H,25,27). The predicted molar refractivity (Wildman–Crippen MR) is 120 cm³/mol. The molecule has 6 heteroatoms. The van der Waals surface area contributed by atoms with Gasteiger partial charge in [-0.1, -0.05) is 32.9 Å². The van der Waals surface area contributed by atoms with Crippen molar-refractivity contribution in [3.63, 3.8) is 0 Å². The minimum Gasteiger partial charge on any atom is -0.490 e. The smallest absolute Gasteiger partial charge is 0.254 e. The second-order valence-corrected chi connectivity index (χ2v) is 8.06. The van der Waals surface area contributed by atoms with Crippen molar-refractivity contribution < 1.29 is 19.1 Å². The molecule has 0 fully saturated rings. The van der Waals surface area contributed by atoms with E-state index in [0.717, 1.165) is 5.56 Å². The average Bonchev–Trinajstić information content (AvgIpc) is 2.69. The minimum absolute atomic E-state index is 0.0193. The van der Waals surface area contributed by atoms with E-state index in [1.807, 2.05) is 26.0 Å². The number of benzene rings is 2. The first-order valence-corrected chi connectivity index (χ1v) is 10.2. The molecule has 30 heavy (non-hydrogen) atoms. The summed E-state index contributed by atoms with van der Waals surface area (Å²) in [7, 11) is 1.61. The number of nitrogens with zero attached hydrogens (tertiary/aromatic N) is 1. The van der Waals surface area contributed by atoms with Crippen LogP contribution in [0.2, 0.25) is 0 Å². The lowest BCUT2D eigenvalue weighted by Gasteiger charge is -2.20. The van der Waals surface area contributed by atoms with Crippen molar-refractivity contribution in [1.82, 2.24) is 4.90 Å². The summed E-state index contributed by atoms with van der Waals surface area (Å²) in [4.78, 5) is 26.5. The molecule has 0 saturated heterocycles. The van der Waals surface area contributed by atoms with Crippen molar-refractivity contribution in [2.45, 2.75) is 40.0 Å². The molecule has 162 valence electrons. The number of hydrogen-bond donors (Lipinski definition) is 1. The van der Waals surface area contributed by atoms with Crippen molar-refractivity contribution >= 4 is 17.5 Å². The zero-order valence-electron chi connectivity index (χ0n) is 18.7. The molecule has 6 nitrogen and oxygen atoms in total. The second kappa shape index (κ2) is 10.1. The molecule has 2 amide bonds. The van der Waals surface area contributed by atoms with E-state index in [0.29, 0.717) is 36.0 Å². The molecule has 0 saturated carbocycles. The van der Waals surface area contributed by atoms with Crippen LogP contribution in [-0.4, -0.2) is 43.5 Å². The summed E-state index contributed by atoms with van der Waals surface area (Å²) in [6.07, 6.45) is 0. The highest BCUT2D eigenvalue weighted by atomic mass is 16.5. The SMILES string of the molecule is CCOc1ccc(NC(=O)CN(C)C(=O)c2ccc(C(C)(C)C)cc2)cc1OCC. The van der Waals surface area contributed by atoms with Gasteiger partial charge in [-0.2, -0.15) is 0 Å². The van der Waals surface area contributed by atoms with Crippen molar-refractivity contribution in [2.24, 2.45) is 0 Å². The quantitative estimate of drug-likeness (QED) is 0.694. The van der Waals surface area contributed by atoms with E-state index >= 15 is 0 Å². The molecule has 0 bridgehead atoms. The molecule has 0 atom stereocenters. The Hall–Kier alpha value is -3.02. The lowest BCUT2D eigenvalue weighted by Crippen LogP contribution is -2.35. The third-order valence-corrected chi connectivity index (χ3v) is 4.55. The van der Waals surface area contributed by atoms with E-state index < -0.39 is 0 Å². The maximum absolute atomic E-state index is 12.7. The predicted octanol–water partition coefficient (Wildman–Crippen LogP) is 4.49. The Bertz CT molecular complexity index is 870. The van der Waals surface area contributed by atoms with Crippen LogP contribution in [-0.2, 0) is 10.2 Å². The fourth-order valence-electron chi connectivity index (χ4n) is 2.95. The van der Waals surface area contributed by atoms with Gasteiger partial charge in [-0.05, 0) is 49.1 Å². The first-order valence-electron chi connectivity index (χ1n) is 10.2. The Kier molecular flexibility index (Phi) is 7.86. The maximum Gasteiger partial charge on any atom is 0.254 e. The Morgan fingerprint density at radius 2 is 1.53 bits per heavy atom. The van der Waals surface area contributed by atoms with Crippen molar-refractivity contribution in [2.75, 3.05) is 32.1 Å². The normalized spacial score (nSPS) is 11.0. The summed E-state index contributed by atoms with van der Waals surface area (Å²) in [6, 6.07) is 12.7. The zero-order chi connectivity index (χ0) is 22.3. The van der Waals surface area contributed by atoms with Gasteiger partial charge < -0.3 is 19.7 Å². The van der Waals surface area contributed by atoms with Crippen molar-refractivity contribution in [1.29, 1.82) is 0 Å². The van der Waals surface area contributed by atoms with Crippen molar-refractivity contribution in [3.8, 4) is 11.5 Å². The van der Waals surface area contributed by atoms with Gasteiger partial charge in [-0.15, -0.1) is 0 Å². The van der Waals surface area contributed by atoms with Crippen LogP contribution >= 0.6 is 0 Å². The average molecular weight is 413 g/mol. The Labute approximate surface area is 179 Å². The van der Waals surface area contributed by atoms with Gasteiger partial charge in [0, 0.05) is 24.4 Å². The highest BCUT2D eigenvalue weighted by Crippen LogP contribution is 2.30. The van der Waals surface area contributed by atoms with Crippen LogP contribution in [0, 0.1) is 0 Å². The number of ether oxygens (including phenoxy) is 2. The molecule has 0 aromatic heterocycles. The van der Waals surface area contributed by atoms with E-state index in [4.69, 9.17) is 9.47 Å². The second-order valence-electron chi connectivity index (χ2n) is 8.06. The van der Waals surface area contributed by atoms with Gasteiger partial charge in [0.05, 0.1) is 19.8 Å². The minimum atomic E-state index is -0.288. The maximum atomic E-state index is 12.7. The van der Waals surface area contributed by atoms with Gasteiger partial charge in [0.2, 0.25) is 5.91 Å². The lowest BCUT2D eigenvalue weighted by atomic mass is 9.86. The molecule has 0 aliphatic heterocycles. The van der Waals surface area contributed by atoms with Gasteiger partial charge in [0.1, 0.15) is 0 Å². The van der Waals surface area contributed by atoms with E-state index in [2.05, 4.69) is 26.1 Å². The first-order chi connectivity index (χ1) is 14.2. The zero-order valence-corrected chi connectivity index (χ0v) is 18.7. The Morgan fingerprint density at radius 3 is 2.10 bits per heavy atom. The monoisotopic (exact) mass is 412 g/mol. The van der Waals surface area contributed by atoms with Crippen LogP contribution in [0.4, 0.5) is 5.69 Å². The third-order valence-electron chi connectivity index (χ3n) is 4.55. The molecular formula is C24H32N2O4. The van der Waals surface area contributed by atoms with Gasteiger partial charge in [-0.25, -0.2) is 0 Å². The number of likely N-dealkylation sites (N-methyl/N-ethyl adjacent to an activating group) is 1. The van der Waals surface area contributed by atoms with Crippen LogP contribution in [0.3, 0.4) is 0 Å². The molecule has 2 aromatic carbocycles. The fraction of sp³-hybridized carbons (Fsp3) is 0.417. The number of carbonyl (C=O) groups excluding carboxylic acids is 2. The Balaban J connectivity index is 2.01. The van der Waals surface area contributed by atoms with Crippen LogP contribution in [0.1, 0.15) is 50.5 Å². The summed E-state index contributed by atoms with van der Waals surface area (Å²) < 4.78 is 11.1. The van der Waals surface area contributed by atoms with Crippen LogP contribution < -0.4 is 14.8 Å². The van der Waals surface area contributed by atoms with Gasteiger partial charge in [0.25, 0.3) is 5.91 Å². The van der Waals surface area contributed by atoms with Crippen LogP contribution in [0.5, 0.6) is 11.5 Å². The van der Waals surface area contributed by atoms with E-state index in [1.165, 1.54) is 4.90 Å². The molecule has 0 radical (unpaired) electrons. The van der Waals surface area contributed by atoms with Crippen molar-refractivity contribution in [3.05, 3.63) is 53.6 Å². The third kappa shape index (κ3) is 6.24. The molecular weight excluding hydrogens is 380 g/mol. The summed E-state index contributed by atoms with van der Waals surface area (Å²) in [5.41, 5.74) is 2.31. The molecule has 1 N–H and O–H groups in total. The molecule has 0 spiro atoms. The summed E-state index contributed by atoms with van der Waals surface area (Å²) in [5.74, 6) is 0.708. The van der Waals surface area contributed by atoms with Gasteiger partial charge >= 0.3 is 0 Å². The number of amides is 2. The van der Waals surface area contributed by atoms with E-state index in [-0.39, 0.29) is 23.8 Å². The molecule has 2 aromatic rings. The molecule has 0 aliphatic carbocycles. The van der Waals surface area contributed by atoms with Gasteiger partial charge in [-0.3, -0.25) is 9.59 Å². The molecule has 0 heterocycles. The number of hydrogen-bond acceptors (Lipinski definition) is 4. The summed E-state index contributed by atoms with van der Waals surface area (Å²) >= 11 is 0. The molecule has 0 aliphatic rings. The van der Waals surface area contributed by atoms with E-state index in [1.54, 1.807) is 37.4 Å². The Morgan fingerprint density at radius 1 is 0.933 bits per heavy atom. The highest BCUT2D eigenvalue weighted by molar-refractivity contribution is 5.99. The first kappa shape index (κ1) is 23.3. The number of rotatable bonds is 8. The molecule has 2 rings (SSSR count). The fourth-order valence-corrected chi connectivity index (χ4v) is 2.95. The van der Waals surface area contributed by atoms with E-state index in [9.17, 15) is 9.59 Å². The number of carbonyl (C=O) groups is 2. The topological polar surface area (TPSA) is 67.9 Å². The molecule has 0 unspecified atom stereocenters. The summed E-state index contributed by atoms with van der Waals surface area (Å²) in [6.45, 7) is 11.1. The number of anilines is 1. The van der Waals surface area contributed by atoms with Gasteiger partial charge in [0.15, 0.2) is 11.5 Å². The van der Waals surface area contributed by atoms with Crippen LogP contribution in [0.15, 0.2) is 42.5 Å². The summed E-state index contributed by atoms with van der Waals surface area (Å²) in [5, 5.41) is 2.81. The van der Waals surface area contributed by atoms with Crippen LogP contribution in [0.25, 0.3) is 0 Å². The highest BCUT2D eigenvalue weighted by Gasteiger charge is 2.18.